The zero-order valence-corrected chi connectivity index (χ0v) is 15.8. The Kier molecular flexibility index (Phi) is 6.79. The van der Waals surface area contributed by atoms with Crippen molar-refractivity contribution >= 4 is 17.8 Å². The summed E-state index contributed by atoms with van der Waals surface area (Å²) in [7, 11) is 0. The molecule has 0 saturated carbocycles. The molecule has 0 aliphatic carbocycles. The predicted molar refractivity (Wildman–Crippen MR) is 113 cm³/mol. The van der Waals surface area contributed by atoms with Crippen LogP contribution in [0, 0.1) is 6.92 Å². The lowest BCUT2D eigenvalue weighted by Crippen LogP contribution is -2.25. The first-order valence-corrected chi connectivity index (χ1v) is 9.08. The number of aryl methyl sites for hydroxylation is 1. The molecule has 5 nitrogen and oxygen atoms in total. The van der Waals surface area contributed by atoms with E-state index in [2.05, 4.69) is 47.0 Å². The second kappa shape index (κ2) is 9.92. The monoisotopic (exact) mass is 373 g/mol. The summed E-state index contributed by atoms with van der Waals surface area (Å²) in [6.07, 6.45) is 1.60. The van der Waals surface area contributed by atoms with Gasteiger partial charge in [-0.1, -0.05) is 48.0 Å². The number of hydrazone groups is 1. The molecule has 3 rings (SSSR count). The topological polar surface area (TPSA) is 62.7 Å². The van der Waals surface area contributed by atoms with Crippen molar-refractivity contribution in [2.45, 2.75) is 13.5 Å². The van der Waals surface area contributed by atoms with Crippen molar-refractivity contribution in [3.63, 3.8) is 0 Å². The average Bonchev–Trinajstić information content (AvgIpc) is 2.73. The van der Waals surface area contributed by atoms with Crippen LogP contribution in [0.2, 0.25) is 0 Å². The number of carbonyl (C=O) groups excluding carboxylic acids is 1. The second-order valence-electron chi connectivity index (χ2n) is 6.36. The van der Waals surface area contributed by atoms with E-state index in [1.807, 2.05) is 54.6 Å². The highest BCUT2D eigenvalue weighted by molar-refractivity contribution is 5.84. The summed E-state index contributed by atoms with van der Waals surface area (Å²) in [6.45, 7) is 2.75. The summed E-state index contributed by atoms with van der Waals surface area (Å²) in [5, 5.41) is 7.01. The van der Waals surface area contributed by atoms with Crippen LogP contribution in [0.1, 0.15) is 16.7 Å². The molecule has 0 aliphatic rings. The van der Waals surface area contributed by atoms with Crippen molar-refractivity contribution < 1.29 is 9.53 Å². The molecule has 0 bridgehead atoms. The van der Waals surface area contributed by atoms with Crippen molar-refractivity contribution in [1.29, 1.82) is 0 Å². The van der Waals surface area contributed by atoms with E-state index in [0.29, 0.717) is 6.61 Å². The summed E-state index contributed by atoms with van der Waals surface area (Å²) >= 11 is 0. The fourth-order valence-electron chi connectivity index (χ4n) is 2.46. The Balaban J connectivity index is 1.41. The smallest absolute Gasteiger partial charge is 0.259 e. The van der Waals surface area contributed by atoms with Gasteiger partial charge in [-0.15, -0.1) is 0 Å². The zero-order chi connectivity index (χ0) is 19.6. The second-order valence-corrected chi connectivity index (χ2v) is 6.36. The van der Waals surface area contributed by atoms with Gasteiger partial charge in [0.1, 0.15) is 12.4 Å². The molecule has 0 spiro atoms. The van der Waals surface area contributed by atoms with Crippen LogP contribution in [0.25, 0.3) is 0 Å². The summed E-state index contributed by atoms with van der Waals surface area (Å²) in [5.41, 5.74) is 6.63. The highest BCUT2D eigenvalue weighted by Crippen LogP contribution is 2.14. The highest BCUT2D eigenvalue weighted by atomic mass is 16.5. The Morgan fingerprint density at radius 2 is 1.68 bits per heavy atom. The molecule has 2 N–H and O–H groups in total. The average molecular weight is 373 g/mol. The van der Waals surface area contributed by atoms with Crippen LogP contribution in [-0.4, -0.2) is 18.7 Å². The first kappa shape index (κ1) is 19.2. The number of anilines is 1. The molecule has 0 aromatic heterocycles. The van der Waals surface area contributed by atoms with Gasteiger partial charge in [-0.25, -0.2) is 5.43 Å². The lowest BCUT2D eigenvalue weighted by molar-refractivity contribution is -0.119. The molecule has 0 unspecified atom stereocenters. The van der Waals surface area contributed by atoms with E-state index in [1.54, 1.807) is 6.21 Å². The van der Waals surface area contributed by atoms with Gasteiger partial charge in [0.25, 0.3) is 5.91 Å². The largest absolute Gasteiger partial charge is 0.489 e. The van der Waals surface area contributed by atoms with Crippen LogP contribution >= 0.6 is 0 Å². The van der Waals surface area contributed by atoms with E-state index >= 15 is 0 Å². The van der Waals surface area contributed by atoms with Crippen LogP contribution < -0.4 is 15.5 Å². The minimum absolute atomic E-state index is 0.160. The van der Waals surface area contributed by atoms with E-state index in [0.717, 1.165) is 22.6 Å². The van der Waals surface area contributed by atoms with Crippen molar-refractivity contribution in [2.24, 2.45) is 5.10 Å². The van der Waals surface area contributed by atoms with Crippen molar-refractivity contribution in [3.05, 3.63) is 95.6 Å². The molecule has 0 heterocycles. The SMILES string of the molecule is Cc1ccc(COc2ccc(/C=N/NC(=O)CNc3ccccc3)cc2)cc1. The Hall–Kier alpha value is -3.60. The molecule has 3 aromatic carbocycles. The van der Waals surface area contributed by atoms with Crippen LogP contribution in [0.15, 0.2) is 84.0 Å². The number of rotatable bonds is 8. The quantitative estimate of drug-likeness (QED) is 0.461. The first-order valence-electron chi connectivity index (χ1n) is 9.08. The predicted octanol–water partition coefficient (Wildman–Crippen LogP) is 4.14. The van der Waals surface area contributed by atoms with E-state index in [4.69, 9.17) is 4.74 Å². The lowest BCUT2D eigenvalue weighted by atomic mass is 10.2. The number of hydrogen-bond acceptors (Lipinski definition) is 4. The van der Waals surface area contributed by atoms with Gasteiger partial charge in [0.05, 0.1) is 12.8 Å². The molecular weight excluding hydrogens is 350 g/mol. The third kappa shape index (κ3) is 6.29. The standard InChI is InChI=1S/C23H23N3O2/c1-18-7-9-20(10-8-18)17-28-22-13-11-19(12-14-22)15-25-26-23(27)16-24-21-5-3-2-4-6-21/h2-15,24H,16-17H2,1H3,(H,26,27)/b25-15+. The number of carbonyl (C=O) groups is 1. The number of para-hydroxylation sites is 1. The molecule has 3 aromatic rings. The van der Waals surface area contributed by atoms with Gasteiger partial charge in [0, 0.05) is 5.69 Å². The number of amides is 1. The summed E-state index contributed by atoms with van der Waals surface area (Å²) in [5.74, 6) is 0.576. The van der Waals surface area contributed by atoms with Gasteiger partial charge in [0.15, 0.2) is 0 Å². The third-order valence-electron chi connectivity index (χ3n) is 4.04. The Bertz CT molecular complexity index is 905. The minimum Gasteiger partial charge on any atom is -0.489 e. The maximum Gasteiger partial charge on any atom is 0.259 e. The lowest BCUT2D eigenvalue weighted by Gasteiger charge is -2.07. The van der Waals surface area contributed by atoms with Crippen molar-refractivity contribution in [1.82, 2.24) is 5.43 Å². The summed E-state index contributed by atoms with van der Waals surface area (Å²) < 4.78 is 5.78. The van der Waals surface area contributed by atoms with Crippen LogP contribution in [-0.2, 0) is 11.4 Å². The van der Waals surface area contributed by atoms with E-state index in [9.17, 15) is 4.79 Å². The van der Waals surface area contributed by atoms with Gasteiger partial charge in [-0.05, 0) is 54.4 Å². The molecular formula is C23H23N3O2. The highest BCUT2D eigenvalue weighted by Gasteiger charge is 1.99. The molecule has 28 heavy (non-hydrogen) atoms. The maximum absolute atomic E-state index is 11.8. The molecule has 1 amide bonds. The fourth-order valence-corrected chi connectivity index (χ4v) is 2.46. The number of nitrogens with one attached hydrogen (secondary N) is 2. The van der Waals surface area contributed by atoms with E-state index in [1.165, 1.54) is 5.56 Å². The minimum atomic E-state index is -0.210. The number of nitrogens with zero attached hydrogens (tertiary/aromatic N) is 1. The normalized spacial score (nSPS) is 10.6. The van der Waals surface area contributed by atoms with Gasteiger partial charge in [0.2, 0.25) is 0 Å². The maximum atomic E-state index is 11.8. The summed E-state index contributed by atoms with van der Waals surface area (Å²) in [6, 6.07) is 25.4. The molecule has 0 aliphatic heterocycles. The first-order chi connectivity index (χ1) is 13.7. The van der Waals surface area contributed by atoms with Crippen LogP contribution in [0.5, 0.6) is 5.75 Å². The van der Waals surface area contributed by atoms with Crippen LogP contribution in [0.4, 0.5) is 5.69 Å². The Morgan fingerprint density at radius 1 is 0.964 bits per heavy atom. The van der Waals surface area contributed by atoms with Crippen LogP contribution in [0.3, 0.4) is 0 Å². The van der Waals surface area contributed by atoms with E-state index < -0.39 is 0 Å². The summed E-state index contributed by atoms with van der Waals surface area (Å²) in [4.78, 5) is 11.8. The Morgan fingerprint density at radius 3 is 2.39 bits per heavy atom. The third-order valence-corrected chi connectivity index (χ3v) is 4.04. The zero-order valence-electron chi connectivity index (χ0n) is 15.8. The van der Waals surface area contributed by atoms with E-state index in [-0.39, 0.29) is 12.5 Å². The van der Waals surface area contributed by atoms with Crippen molar-refractivity contribution in [3.8, 4) is 5.75 Å². The van der Waals surface area contributed by atoms with Crippen molar-refractivity contribution in [2.75, 3.05) is 11.9 Å². The van der Waals surface area contributed by atoms with Gasteiger partial charge >= 0.3 is 0 Å². The van der Waals surface area contributed by atoms with Gasteiger partial charge in [-0.2, -0.15) is 5.10 Å². The number of hydrogen-bond donors (Lipinski definition) is 2. The van der Waals surface area contributed by atoms with Gasteiger partial charge in [-0.3, -0.25) is 4.79 Å². The number of benzene rings is 3. The molecule has 5 heteroatoms. The molecule has 0 radical (unpaired) electrons. The number of ether oxygens (including phenoxy) is 1. The molecule has 0 fully saturated rings. The fraction of sp³-hybridized carbons (Fsp3) is 0.130. The van der Waals surface area contributed by atoms with Gasteiger partial charge < -0.3 is 10.1 Å². The molecule has 0 atom stereocenters. The molecule has 0 saturated heterocycles. The Labute approximate surface area is 165 Å². The molecule has 142 valence electrons.